The number of anilines is 1. The molecule has 2 rings (SSSR count). The minimum Gasteiger partial charge on any atom is -0.496 e. The number of ether oxygens (including phenoxy) is 1. The number of rotatable bonds is 5. The zero-order valence-corrected chi connectivity index (χ0v) is 12.6. The highest BCUT2D eigenvalue weighted by Gasteiger charge is 2.12. The van der Waals surface area contributed by atoms with Crippen LogP contribution in [0.5, 0.6) is 5.75 Å². The number of nitrogen functional groups attached to an aromatic ring is 1. The van der Waals surface area contributed by atoms with E-state index in [1.807, 2.05) is 25.1 Å². The molecule has 0 atom stereocenters. The van der Waals surface area contributed by atoms with Crippen LogP contribution in [0.2, 0.25) is 0 Å². The molecule has 0 amide bonds. The Morgan fingerprint density at radius 1 is 1.29 bits per heavy atom. The topological polar surface area (TPSA) is 78.4 Å². The normalized spacial score (nSPS) is 10.4. The first-order chi connectivity index (χ1) is 10.0. The molecule has 5 nitrogen and oxygen atoms in total. The van der Waals surface area contributed by atoms with Gasteiger partial charge in [0.15, 0.2) is 0 Å². The van der Waals surface area contributed by atoms with Crippen LogP contribution in [-0.2, 0) is 5.75 Å². The van der Waals surface area contributed by atoms with Crippen molar-refractivity contribution < 1.29 is 9.66 Å². The molecule has 0 bridgehead atoms. The molecule has 0 radical (unpaired) electrons. The second-order valence-electron chi connectivity index (χ2n) is 4.57. The van der Waals surface area contributed by atoms with Gasteiger partial charge in [0.05, 0.1) is 12.0 Å². The van der Waals surface area contributed by atoms with E-state index in [0.29, 0.717) is 11.5 Å². The molecule has 0 aliphatic carbocycles. The van der Waals surface area contributed by atoms with E-state index in [4.69, 9.17) is 10.5 Å². The van der Waals surface area contributed by atoms with Gasteiger partial charge >= 0.3 is 0 Å². The summed E-state index contributed by atoms with van der Waals surface area (Å²) in [6.45, 7) is 1.99. The maximum atomic E-state index is 10.9. The fourth-order valence-corrected chi connectivity index (χ4v) is 2.97. The van der Waals surface area contributed by atoms with Crippen LogP contribution in [-0.4, -0.2) is 12.0 Å². The molecule has 0 fully saturated rings. The zero-order valence-electron chi connectivity index (χ0n) is 11.8. The summed E-state index contributed by atoms with van der Waals surface area (Å²) in [7, 11) is 1.56. The smallest absolute Gasteiger partial charge is 0.270 e. The Kier molecular flexibility index (Phi) is 4.70. The van der Waals surface area contributed by atoms with Crippen molar-refractivity contribution in [1.29, 1.82) is 0 Å². The van der Waals surface area contributed by atoms with E-state index in [-0.39, 0.29) is 5.69 Å². The molecule has 21 heavy (non-hydrogen) atoms. The van der Waals surface area contributed by atoms with E-state index in [1.165, 1.54) is 6.07 Å². The number of thioether (sulfide) groups is 1. The van der Waals surface area contributed by atoms with Gasteiger partial charge in [0, 0.05) is 34.0 Å². The fraction of sp³-hybridized carbons (Fsp3) is 0.200. The molecule has 0 aliphatic heterocycles. The molecule has 0 heterocycles. The minimum atomic E-state index is -0.401. The van der Waals surface area contributed by atoms with E-state index in [0.717, 1.165) is 21.7 Å². The molecule has 0 spiro atoms. The van der Waals surface area contributed by atoms with Crippen molar-refractivity contribution in [3.8, 4) is 5.75 Å². The summed E-state index contributed by atoms with van der Waals surface area (Å²) >= 11 is 1.60. The van der Waals surface area contributed by atoms with Crippen molar-refractivity contribution >= 4 is 23.1 Å². The maximum Gasteiger partial charge on any atom is 0.270 e. The van der Waals surface area contributed by atoms with E-state index in [9.17, 15) is 10.1 Å². The van der Waals surface area contributed by atoms with Gasteiger partial charge in [0.25, 0.3) is 5.69 Å². The molecular weight excluding hydrogens is 288 g/mol. The fourth-order valence-electron chi connectivity index (χ4n) is 1.98. The van der Waals surface area contributed by atoms with Crippen LogP contribution < -0.4 is 10.5 Å². The molecule has 0 aromatic heterocycles. The van der Waals surface area contributed by atoms with Gasteiger partial charge < -0.3 is 10.5 Å². The van der Waals surface area contributed by atoms with Gasteiger partial charge in [-0.1, -0.05) is 0 Å². The maximum absolute atomic E-state index is 10.9. The molecule has 2 aromatic rings. The van der Waals surface area contributed by atoms with Gasteiger partial charge in [-0.15, -0.1) is 11.8 Å². The SMILES string of the molecule is COc1ccc([N+](=O)[O-])cc1CSc1ccc(N)cc1C. The number of nitrogens with two attached hydrogens (primary N) is 1. The van der Waals surface area contributed by atoms with Crippen LogP contribution in [0, 0.1) is 17.0 Å². The second kappa shape index (κ2) is 6.49. The molecular formula is C15H16N2O3S. The van der Waals surface area contributed by atoms with Crippen molar-refractivity contribution in [1.82, 2.24) is 0 Å². The van der Waals surface area contributed by atoms with Gasteiger partial charge in [-0.2, -0.15) is 0 Å². The summed E-state index contributed by atoms with van der Waals surface area (Å²) in [5.74, 6) is 1.25. The van der Waals surface area contributed by atoms with E-state index in [2.05, 4.69) is 0 Å². The van der Waals surface area contributed by atoms with Crippen LogP contribution in [0.15, 0.2) is 41.3 Å². The molecule has 2 N–H and O–H groups in total. The number of methoxy groups -OCH3 is 1. The molecule has 6 heteroatoms. The largest absolute Gasteiger partial charge is 0.496 e. The summed E-state index contributed by atoms with van der Waals surface area (Å²) in [5.41, 5.74) is 8.41. The van der Waals surface area contributed by atoms with E-state index >= 15 is 0 Å². The Labute approximate surface area is 127 Å². The number of nitrogens with zero attached hydrogens (tertiary/aromatic N) is 1. The zero-order chi connectivity index (χ0) is 15.4. The van der Waals surface area contributed by atoms with Crippen molar-refractivity contribution in [3.05, 3.63) is 57.6 Å². The highest BCUT2D eigenvalue weighted by molar-refractivity contribution is 7.98. The van der Waals surface area contributed by atoms with Crippen molar-refractivity contribution in [2.75, 3.05) is 12.8 Å². The summed E-state index contributed by atoms with van der Waals surface area (Å²) in [4.78, 5) is 11.6. The Morgan fingerprint density at radius 3 is 2.67 bits per heavy atom. The Morgan fingerprint density at radius 2 is 2.05 bits per heavy atom. The van der Waals surface area contributed by atoms with Crippen molar-refractivity contribution in [2.24, 2.45) is 0 Å². The molecule has 0 saturated carbocycles. The highest BCUT2D eigenvalue weighted by atomic mass is 32.2. The lowest BCUT2D eigenvalue weighted by Gasteiger charge is -2.10. The third-order valence-corrected chi connectivity index (χ3v) is 4.28. The van der Waals surface area contributed by atoms with Crippen LogP contribution in [0.25, 0.3) is 0 Å². The molecule has 0 saturated heterocycles. The van der Waals surface area contributed by atoms with E-state index < -0.39 is 4.92 Å². The van der Waals surface area contributed by atoms with Gasteiger partial charge in [0.2, 0.25) is 0 Å². The van der Waals surface area contributed by atoms with Crippen molar-refractivity contribution in [3.63, 3.8) is 0 Å². The lowest BCUT2D eigenvalue weighted by atomic mass is 10.2. The first-order valence-electron chi connectivity index (χ1n) is 6.31. The monoisotopic (exact) mass is 304 g/mol. The summed E-state index contributed by atoms with van der Waals surface area (Å²) in [6.07, 6.45) is 0. The number of nitro benzene ring substituents is 1. The standard InChI is InChI=1S/C15H16N2O3S/c1-10-7-12(16)3-6-15(10)21-9-11-8-13(17(18)19)4-5-14(11)20-2/h3-8H,9,16H2,1-2H3. The summed E-state index contributed by atoms with van der Waals surface area (Å²) in [6, 6.07) is 10.3. The number of nitro groups is 1. The average molecular weight is 304 g/mol. The van der Waals surface area contributed by atoms with Crippen LogP contribution in [0.4, 0.5) is 11.4 Å². The number of aryl methyl sites for hydroxylation is 1. The lowest BCUT2D eigenvalue weighted by Crippen LogP contribution is -1.94. The van der Waals surface area contributed by atoms with Gasteiger partial charge in [-0.3, -0.25) is 10.1 Å². The molecule has 110 valence electrons. The average Bonchev–Trinajstić information content (AvgIpc) is 2.46. The number of hydrogen-bond donors (Lipinski definition) is 1. The van der Waals surface area contributed by atoms with Gasteiger partial charge in [0.1, 0.15) is 5.75 Å². The van der Waals surface area contributed by atoms with Gasteiger partial charge in [-0.05, 0) is 36.8 Å². The molecule has 0 unspecified atom stereocenters. The third kappa shape index (κ3) is 3.66. The summed E-state index contributed by atoms with van der Waals surface area (Å²) in [5, 5.41) is 10.9. The minimum absolute atomic E-state index is 0.0698. The lowest BCUT2D eigenvalue weighted by molar-refractivity contribution is -0.384. The number of hydrogen-bond acceptors (Lipinski definition) is 5. The predicted molar refractivity (Wildman–Crippen MR) is 84.8 cm³/mol. The Balaban J connectivity index is 2.22. The Hall–Kier alpha value is -2.21. The first kappa shape index (κ1) is 15.2. The molecule has 2 aromatic carbocycles. The first-order valence-corrected chi connectivity index (χ1v) is 7.30. The van der Waals surface area contributed by atoms with Crippen LogP contribution in [0.3, 0.4) is 0 Å². The number of benzene rings is 2. The van der Waals surface area contributed by atoms with Crippen molar-refractivity contribution in [2.45, 2.75) is 17.6 Å². The van der Waals surface area contributed by atoms with Crippen LogP contribution >= 0.6 is 11.8 Å². The third-order valence-electron chi connectivity index (χ3n) is 3.06. The Bertz CT molecular complexity index is 674. The number of non-ortho nitro benzene ring substituents is 1. The summed E-state index contributed by atoms with van der Waals surface area (Å²) < 4.78 is 5.26. The van der Waals surface area contributed by atoms with E-state index in [1.54, 1.807) is 31.0 Å². The molecule has 0 aliphatic rings. The van der Waals surface area contributed by atoms with Crippen LogP contribution in [0.1, 0.15) is 11.1 Å². The predicted octanol–water partition coefficient (Wildman–Crippen LogP) is 3.79. The second-order valence-corrected chi connectivity index (χ2v) is 5.58. The highest BCUT2D eigenvalue weighted by Crippen LogP contribution is 2.32. The quantitative estimate of drug-likeness (QED) is 0.393. The van der Waals surface area contributed by atoms with Gasteiger partial charge in [-0.25, -0.2) is 0 Å².